The second kappa shape index (κ2) is 6.27. The van der Waals surface area contributed by atoms with E-state index < -0.39 is 11.2 Å². The van der Waals surface area contributed by atoms with Crippen LogP contribution in [0.5, 0.6) is 0 Å². The van der Waals surface area contributed by atoms with Gasteiger partial charge in [0.1, 0.15) is 4.88 Å². The van der Waals surface area contributed by atoms with Gasteiger partial charge in [0, 0.05) is 19.6 Å². The van der Waals surface area contributed by atoms with Crippen LogP contribution >= 0.6 is 11.5 Å². The van der Waals surface area contributed by atoms with Crippen LogP contribution in [0, 0.1) is 5.92 Å². The van der Waals surface area contributed by atoms with Crippen molar-refractivity contribution in [2.24, 2.45) is 5.92 Å². The topological polar surface area (TPSA) is 88.1 Å². The minimum Gasteiger partial charge on any atom is -0.338 e. The van der Waals surface area contributed by atoms with Crippen LogP contribution in [-0.2, 0) is 6.54 Å². The van der Waals surface area contributed by atoms with Crippen molar-refractivity contribution in [3.63, 3.8) is 0 Å². The van der Waals surface area contributed by atoms with Gasteiger partial charge >= 0.3 is 5.69 Å². The maximum atomic E-state index is 12.7. The number of amides is 1. The highest BCUT2D eigenvalue weighted by atomic mass is 32.1. The lowest BCUT2D eigenvalue weighted by molar-refractivity contribution is 0.0689. The summed E-state index contributed by atoms with van der Waals surface area (Å²) < 4.78 is 5.27. The quantitative estimate of drug-likeness (QED) is 0.918. The standard InChI is InChI=1S/C15H20N4O3S/c1-3-6-19-13(20)11-10(16-15(19)22)12(23-17-11)14(21)18-7-4-5-9(2)8-18/h9H,3-8H2,1-2H3,(H,16,22). The average Bonchev–Trinajstić information content (AvgIpc) is 2.94. The van der Waals surface area contributed by atoms with E-state index in [2.05, 4.69) is 16.3 Å². The van der Waals surface area contributed by atoms with Crippen molar-refractivity contribution in [1.29, 1.82) is 0 Å². The number of rotatable bonds is 3. The van der Waals surface area contributed by atoms with Crippen molar-refractivity contribution in [2.45, 2.75) is 39.7 Å². The van der Waals surface area contributed by atoms with Crippen LogP contribution in [0.2, 0.25) is 0 Å². The molecule has 23 heavy (non-hydrogen) atoms. The van der Waals surface area contributed by atoms with Crippen molar-refractivity contribution >= 4 is 28.5 Å². The molecule has 1 aliphatic rings. The van der Waals surface area contributed by atoms with Crippen LogP contribution in [0.3, 0.4) is 0 Å². The SMILES string of the molecule is CCCn1c(=O)[nH]c2c(C(=O)N3CCCC(C)C3)snc2c1=O. The Labute approximate surface area is 137 Å². The van der Waals surface area contributed by atoms with Gasteiger partial charge in [0.2, 0.25) is 0 Å². The van der Waals surface area contributed by atoms with Gasteiger partial charge in [-0.05, 0) is 36.7 Å². The molecule has 0 spiro atoms. The summed E-state index contributed by atoms with van der Waals surface area (Å²) in [7, 11) is 0. The fourth-order valence-electron chi connectivity index (χ4n) is 3.04. The molecule has 3 rings (SSSR count). The normalized spacial score (nSPS) is 18.5. The molecule has 0 aromatic carbocycles. The van der Waals surface area contributed by atoms with Gasteiger partial charge in [-0.3, -0.25) is 14.2 Å². The summed E-state index contributed by atoms with van der Waals surface area (Å²) >= 11 is 0.991. The van der Waals surface area contributed by atoms with Crippen LogP contribution in [0.25, 0.3) is 11.0 Å². The molecule has 1 N–H and O–H groups in total. The van der Waals surface area contributed by atoms with Gasteiger partial charge in [0.25, 0.3) is 11.5 Å². The van der Waals surface area contributed by atoms with Crippen molar-refractivity contribution in [3.8, 4) is 0 Å². The molecule has 0 saturated carbocycles. The second-order valence-corrected chi connectivity index (χ2v) is 6.89. The number of hydrogen-bond acceptors (Lipinski definition) is 5. The predicted molar refractivity (Wildman–Crippen MR) is 89.1 cm³/mol. The van der Waals surface area contributed by atoms with E-state index in [0.29, 0.717) is 36.9 Å². The number of nitrogens with zero attached hydrogens (tertiary/aromatic N) is 3. The molecule has 1 aliphatic heterocycles. The number of likely N-dealkylation sites (tertiary alicyclic amines) is 1. The Hall–Kier alpha value is -1.96. The largest absolute Gasteiger partial charge is 0.338 e. The lowest BCUT2D eigenvalue weighted by Gasteiger charge is -2.30. The van der Waals surface area contributed by atoms with E-state index >= 15 is 0 Å². The molecule has 2 aromatic heterocycles. The molecule has 0 radical (unpaired) electrons. The van der Waals surface area contributed by atoms with E-state index in [4.69, 9.17) is 0 Å². The number of carbonyl (C=O) groups is 1. The molecule has 2 aromatic rings. The number of aromatic nitrogens is 3. The molecule has 1 atom stereocenters. The molecule has 124 valence electrons. The Morgan fingerprint density at radius 2 is 2.22 bits per heavy atom. The highest BCUT2D eigenvalue weighted by Crippen LogP contribution is 2.23. The Bertz CT molecular complexity index is 851. The third kappa shape index (κ3) is 2.83. The molecule has 1 unspecified atom stereocenters. The Kier molecular flexibility index (Phi) is 4.34. The molecule has 1 amide bonds. The van der Waals surface area contributed by atoms with Crippen molar-refractivity contribution < 1.29 is 4.79 Å². The molecule has 1 saturated heterocycles. The van der Waals surface area contributed by atoms with E-state index in [1.807, 2.05) is 6.92 Å². The van der Waals surface area contributed by atoms with Crippen molar-refractivity contribution in [3.05, 3.63) is 25.7 Å². The summed E-state index contributed by atoms with van der Waals surface area (Å²) in [4.78, 5) is 42.0. The highest BCUT2D eigenvalue weighted by molar-refractivity contribution is 7.09. The molecular weight excluding hydrogens is 316 g/mol. The van der Waals surface area contributed by atoms with E-state index in [9.17, 15) is 14.4 Å². The number of nitrogens with one attached hydrogen (secondary N) is 1. The van der Waals surface area contributed by atoms with Crippen molar-refractivity contribution in [2.75, 3.05) is 13.1 Å². The Morgan fingerprint density at radius 3 is 2.91 bits per heavy atom. The maximum Gasteiger partial charge on any atom is 0.328 e. The summed E-state index contributed by atoms with van der Waals surface area (Å²) in [5.74, 6) is 0.319. The van der Waals surface area contributed by atoms with Crippen LogP contribution in [0.4, 0.5) is 0 Å². The number of carbonyl (C=O) groups excluding carboxylic acids is 1. The third-order valence-corrected chi connectivity index (χ3v) is 5.04. The van der Waals surface area contributed by atoms with Crippen LogP contribution in [0.1, 0.15) is 42.8 Å². The summed E-state index contributed by atoms with van der Waals surface area (Å²) in [5, 5.41) is 0. The molecule has 0 bridgehead atoms. The third-order valence-electron chi connectivity index (χ3n) is 4.20. The number of hydrogen-bond donors (Lipinski definition) is 1. The average molecular weight is 336 g/mol. The Balaban J connectivity index is 2.04. The minimum absolute atomic E-state index is 0.146. The molecule has 8 heteroatoms. The first-order valence-corrected chi connectivity index (χ1v) is 8.72. The molecule has 3 heterocycles. The first kappa shape index (κ1) is 15.9. The van der Waals surface area contributed by atoms with Gasteiger partial charge in [-0.15, -0.1) is 0 Å². The number of aromatic amines is 1. The molecule has 1 fully saturated rings. The zero-order chi connectivity index (χ0) is 16.6. The summed E-state index contributed by atoms with van der Waals surface area (Å²) in [6.45, 7) is 5.77. The van der Waals surface area contributed by atoms with E-state index in [1.165, 1.54) is 0 Å². The first-order valence-electron chi connectivity index (χ1n) is 7.94. The molecular formula is C15H20N4O3S. The van der Waals surface area contributed by atoms with Crippen LogP contribution < -0.4 is 11.2 Å². The first-order chi connectivity index (χ1) is 11.0. The monoisotopic (exact) mass is 336 g/mol. The van der Waals surface area contributed by atoms with E-state index in [-0.39, 0.29) is 16.9 Å². The van der Waals surface area contributed by atoms with Crippen LogP contribution in [0.15, 0.2) is 9.59 Å². The molecule has 7 nitrogen and oxygen atoms in total. The Morgan fingerprint density at radius 1 is 1.43 bits per heavy atom. The number of fused-ring (bicyclic) bond motifs is 1. The van der Waals surface area contributed by atoms with E-state index in [1.54, 1.807) is 4.90 Å². The summed E-state index contributed by atoms with van der Waals surface area (Å²) in [6, 6.07) is 0. The zero-order valence-corrected chi connectivity index (χ0v) is 14.1. The van der Waals surface area contributed by atoms with Gasteiger partial charge in [0.15, 0.2) is 5.52 Å². The lowest BCUT2D eigenvalue weighted by Crippen LogP contribution is -2.39. The van der Waals surface area contributed by atoms with Gasteiger partial charge < -0.3 is 9.88 Å². The van der Waals surface area contributed by atoms with Gasteiger partial charge in [-0.1, -0.05) is 13.8 Å². The number of piperidine rings is 1. The summed E-state index contributed by atoms with van der Waals surface area (Å²) in [6.07, 6.45) is 2.77. The highest BCUT2D eigenvalue weighted by Gasteiger charge is 2.26. The lowest BCUT2D eigenvalue weighted by atomic mass is 10.0. The van der Waals surface area contributed by atoms with Gasteiger partial charge in [-0.25, -0.2) is 4.79 Å². The fraction of sp³-hybridized carbons (Fsp3) is 0.600. The second-order valence-electron chi connectivity index (χ2n) is 6.12. The van der Waals surface area contributed by atoms with Gasteiger partial charge in [0.05, 0.1) is 5.52 Å². The zero-order valence-electron chi connectivity index (χ0n) is 13.3. The molecule has 0 aliphatic carbocycles. The van der Waals surface area contributed by atoms with Gasteiger partial charge in [-0.2, -0.15) is 4.37 Å². The summed E-state index contributed by atoms with van der Waals surface area (Å²) in [5.41, 5.74) is -0.449. The van der Waals surface area contributed by atoms with Crippen molar-refractivity contribution in [1.82, 2.24) is 18.8 Å². The van der Waals surface area contributed by atoms with Crippen LogP contribution in [-0.4, -0.2) is 37.8 Å². The number of H-pyrrole nitrogens is 1. The minimum atomic E-state index is -0.481. The smallest absolute Gasteiger partial charge is 0.328 e. The maximum absolute atomic E-state index is 12.7. The fourth-order valence-corrected chi connectivity index (χ4v) is 3.83. The van der Waals surface area contributed by atoms with E-state index in [0.717, 1.165) is 28.9 Å². The predicted octanol–water partition coefficient (Wildman–Crippen LogP) is 1.43.